The third kappa shape index (κ3) is 3.16. The van der Waals surface area contributed by atoms with Crippen molar-refractivity contribution in [1.29, 1.82) is 0 Å². The summed E-state index contributed by atoms with van der Waals surface area (Å²) in [4.78, 5) is 18.0. The van der Waals surface area contributed by atoms with E-state index in [0.717, 1.165) is 11.2 Å². The number of rotatable bonds is 4. The molecule has 128 valence electrons. The number of hydrogen-bond acceptors (Lipinski definition) is 3. The van der Waals surface area contributed by atoms with Crippen molar-refractivity contribution in [3.63, 3.8) is 0 Å². The Hall–Kier alpha value is -2.85. The second-order valence-electron chi connectivity index (χ2n) is 6.06. The summed E-state index contributed by atoms with van der Waals surface area (Å²) in [6.07, 6.45) is 0. The average Bonchev–Trinajstić information content (AvgIpc) is 2.69. The second kappa shape index (κ2) is 7.18. The van der Waals surface area contributed by atoms with Gasteiger partial charge in [-0.25, -0.2) is 4.98 Å². The van der Waals surface area contributed by atoms with Crippen molar-refractivity contribution in [2.75, 3.05) is 0 Å². The van der Waals surface area contributed by atoms with E-state index in [1.165, 1.54) is 5.56 Å². The molecule has 0 aliphatic carbocycles. The molecule has 4 aromatic rings. The minimum atomic E-state index is -0.0374. The van der Waals surface area contributed by atoms with Gasteiger partial charge in [-0.1, -0.05) is 72.4 Å². The van der Waals surface area contributed by atoms with Crippen molar-refractivity contribution in [1.82, 2.24) is 9.55 Å². The molecule has 0 radical (unpaired) electrons. The summed E-state index contributed by atoms with van der Waals surface area (Å²) < 4.78 is 1.71. The van der Waals surface area contributed by atoms with Crippen LogP contribution < -0.4 is 5.56 Å². The monoisotopic (exact) mass is 358 g/mol. The van der Waals surface area contributed by atoms with Gasteiger partial charge in [0, 0.05) is 5.25 Å². The quantitative estimate of drug-likeness (QED) is 0.370. The molecule has 0 saturated heterocycles. The van der Waals surface area contributed by atoms with Gasteiger partial charge in [-0.3, -0.25) is 9.36 Å². The van der Waals surface area contributed by atoms with Gasteiger partial charge in [0.15, 0.2) is 5.16 Å². The van der Waals surface area contributed by atoms with E-state index in [4.69, 9.17) is 4.98 Å². The predicted molar refractivity (Wildman–Crippen MR) is 108 cm³/mol. The van der Waals surface area contributed by atoms with Gasteiger partial charge in [-0.15, -0.1) is 0 Å². The van der Waals surface area contributed by atoms with E-state index >= 15 is 0 Å². The van der Waals surface area contributed by atoms with E-state index in [-0.39, 0.29) is 10.8 Å². The highest BCUT2D eigenvalue weighted by molar-refractivity contribution is 7.99. The Balaban J connectivity index is 1.88. The zero-order valence-electron chi connectivity index (χ0n) is 14.4. The van der Waals surface area contributed by atoms with Crippen LogP contribution in [0.3, 0.4) is 0 Å². The molecule has 0 fully saturated rings. The molecule has 4 heteroatoms. The summed E-state index contributed by atoms with van der Waals surface area (Å²) in [6, 6.07) is 27.5. The van der Waals surface area contributed by atoms with Crippen LogP contribution in [-0.4, -0.2) is 9.55 Å². The van der Waals surface area contributed by atoms with E-state index in [0.29, 0.717) is 10.5 Å². The molecular formula is C22H18N2OS. The lowest BCUT2D eigenvalue weighted by atomic mass is 10.2. The molecule has 0 spiro atoms. The molecule has 4 rings (SSSR count). The zero-order chi connectivity index (χ0) is 17.9. The van der Waals surface area contributed by atoms with Crippen molar-refractivity contribution >= 4 is 22.7 Å². The van der Waals surface area contributed by atoms with Gasteiger partial charge in [0.25, 0.3) is 5.56 Å². The fraction of sp³-hybridized carbons (Fsp3) is 0.0909. The van der Waals surface area contributed by atoms with E-state index < -0.39 is 0 Å². The molecule has 0 aliphatic rings. The Kier molecular flexibility index (Phi) is 4.59. The molecule has 0 amide bonds. The lowest BCUT2D eigenvalue weighted by molar-refractivity contribution is 0.815. The number of benzene rings is 3. The highest BCUT2D eigenvalue weighted by atomic mass is 32.2. The van der Waals surface area contributed by atoms with Crippen LogP contribution in [0.2, 0.25) is 0 Å². The van der Waals surface area contributed by atoms with Gasteiger partial charge in [0.05, 0.1) is 16.6 Å². The second-order valence-corrected chi connectivity index (χ2v) is 7.37. The predicted octanol–water partition coefficient (Wildman–Crippen LogP) is 5.24. The molecule has 1 aromatic heterocycles. The van der Waals surface area contributed by atoms with Crippen LogP contribution >= 0.6 is 11.8 Å². The minimum Gasteiger partial charge on any atom is -0.268 e. The first kappa shape index (κ1) is 16.6. The highest BCUT2D eigenvalue weighted by Crippen LogP contribution is 2.34. The fourth-order valence-electron chi connectivity index (χ4n) is 2.95. The van der Waals surface area contributed by atoms with E-state index in [1.54, 1.807) is 16.3 Å². The molecule has 0 saturated carbocycles. The lowest BCUT2D eigenvalue weighted by Gasteiger charge is -2.16. The maximum Gasteiger partial charge on any atom is 0.266 e. The SMILES string of the molecule is CC(Sc1nc2ccccc2c(=O)n1-c1ccccc1)c1ccccc1. The largest absolute Gasteiger partial charge is 0.268 e. The molecule has 0 aliphatic heterocycles. The van der Waals surface area contributed by atoms with Crippen LogP contribution in [0, 0.1) is 0 Å². The third-order valence-corrected chi connectivity index (χ3v) is 5.42. The summed E-state index contributed by atoms with van der Waals surface area (Å²) in [6.45, 7) is 2.14. The summed E-state index contributed by atoms with van der Waals surface area (Å²) in [5.41, 5.74) is 2.73. The standard InChI is InChI=1S/C22H18N2OS/c1-16(17-10-4-2-5-11-17)26-22-23-20-15-9-8-14-19(20)21(25)24(22)18-12-6-3-7-13-18/h2-16H,1H3. The minimum absolute atomic E-state index is 0.0374. The Morgan fingerprint density at radius 2 is 1.46 bits per heavy atom. The number of fused-ring (bicyclic) bond motifs is 1. The molecular weight excluding hydrogens is 340 g/mol. The number of hydrogen-bond donors (Lipinski definition) is 0. The van der Waals surface area contributed by atoms with E-state index in [9.17, 15) is 4.79 Å². The number of aromatic nitrogens is 2. The van der Waals surface area contributed by atoms with Crippen molar-refractivity contribution < 1.29 is 0 Å². The molecule has 1 unspecified atom stereocenters. The Labute approximate surface area is 156 Å². The van der Waals surface area contributed by atoms with Crippen molar-refractivity contribution in [3.8, 4) is 5.69 Å². The third-order valence-electron chi connectivity index (χ3n) is 4.31. The average molecular weight is 358 g/mol. The van der Waals surface area contributed by atoms with Crippen LogP contribution in [0.25, 0.3) is 16.6 Å². The Morgan fingerprint density at radius 1 is 0.846 bits per heavy atom. The van der Waals surface area contributed by atoms with Crippen molar-refractivity contribution in [2.45, 2.75) is 17.3 Å². The lowest BCUT2D eigenvalue weighted by Crippen LogP contribution is -2.21. The normalized spacial score (nSPS) is 12.2. The van der Waals surface area contributed by atoms with Gasteiger partial charge in [0.1, 0.15) is 0 Å². The number of thioether (sulfide) groups is 1. The number of para-hydroxylation sites is 2. The summed E-state index contributed by atoms with van der Waals surface area (Å²) >= 11 is 1.60. The summed E-state index contributed by atoms with van der Waals surface area (Å²) in [5, 5.41) is 1.52. The van der Waals surface area contributed by atoms with Crippen LogP contribution in [-0.2, 0) is 0 Å². The Morgan fingerprint density at radius 3 is 2.19 bits per heavy atom. The molecule has 0 bridgehead atoms. The first-order chi connectivity index (χ1) is 12.7. The van der Waals surface area contributed by atoms with Gasteiger partial charge < -0.3 is 0 Å². The fourth-order valence-corrected chi connectivity index (χ4v) is 4.00. The zero-order valence-corrected chi connectivity index (χ0v) is 15.2. The van der Waals surface area contributed by atoms with Crippen molar-refractivity contribution in [3.05, 3.63) is 101 Å². The van der Waals surface area contributed by atoms with Crippen LogP contribution in [0.5, 0.6) is 0 Å². The van der Waals surface area contributed by atoms with Crippen molar-refractivity contribution in [2.24, 2.45) is 0 Å². The molecule has 3 aromatic carbocycles. The molecule has 26 heavy (non-hydrogen) atoms. The van der Waals surface area contributed by atoms with Gasteiger partial charge >= 0.3 is 0 Å². The highest BCUT2D eigenvalue weighted by Gasteiger charge is 2.16. The van der Waals surface area contributed by atoms with Crippen LogP contribution in [0.4, 0.5) is 0 Å². The molecule has 1 heterocycles. The summed E-state index contributed by atoms with van der Waals surface area (Å²) in [5.74, 6) is 0. The van der Waals surface area contributed by atoms with Gasteiger partial charge in [0.2, 0.25) is 0 Å². The first-order valence-electron chi connectivity index (χ1n) is 8.53. The summed E-state index contributed by atoms with van der Waals surface area (Å²) in [7, 11) is 0. The smallest absolute Gasteiger partial charge is 0.266 e. The van der Waals surface area contributed by atoms with E-state index in [1.807, 2.05) is 72.8 Å². The molecule has 3 nitrogen and oxygen atoms in total. The van der Waals surface area contributed by atoms with Crippen LogP contribution in [0.15, 0.2) is 94.9 Å². The maximum absolute atomic E-state index is 13.2. The van der Waals surface area contributed by atoms with E-state index in [2.05, 4.69) is 19.1 Å². The van der Waals surface area contributed by atoms with Gasteiger partial charge in [-0.2, -0.15) is 0 Å². The Bertz CT molecular complexity index is 1090. The molecule has 1 atom stereocenters. The maximum atomic E-state index is 13.2. The molecule has 0 N–H and O–H groups in total. The van der Waals surface area contributed by atoms with Gasteiger partial charge in [-0.05, 0) is 36.8 Å². The topological polar surface area (TPSA) is 34.9 Å². The number of nitrogens with zero attached hydrogens (tertiary/aromatic N) is 2. The van der Waals surface area contributed by atoms with Crippen LogP contribution in [0.1, 0.15) is 17.7 Å². The first-order valence-corrected chi connectivity index (χ1v) is 9.41.